The molecule has 0 aromatic heterocycles. The number of urea groups is 1. The Bertz CT molecular complexity index is 313. The van der Waals surface area contributed by atoms with E-state index in [1.54, 1.807) is 6.92 Å². The molecular weight excluding hydrogens is 226 g/mol. The minimum atomic E-state index is -1.20. The van der Waals surface area contributed by atoms with Gasteiger partial charge in [0, 0.05) is 26.1 Å². The third-order valence-electron chi connectivity index (χ3n) is 2.38. The van der Waals surface area contributed by atoms with Gasteiger partial charge in [0.05, 0.1) is 12.5 Å². The second-order valence-electron chi connectivity index (χ2n) is 3.67. The lowest BCUT2D eigenvalue weighted by Crippen LogP contribution is -2.49. The maximum Gasteiger partial charge on any atom is 0.326 e. The number of aliphatic hydroxyl groups excluding tert-OH is 1. The van der Waals surface area contributed by atoms with Crippen molar-refractivity contribution in [2.24, 2.45) is 0 Å². The molecule has 0 aliphatic heterocycles. The Hall–Kier alpha value is -1.81. The number of nitriles is 1. The molecule has 0 saturated carbocycles. The molecule has 0 aliphatic carbocycles. The third-order valence-corrected chi connectivity index (χ3v) is 2.38. The van der Waals surface area contributed by atoms with E-state index in [4.69, 9.17) is 15.5 Å². The summed E-state index contributed by atoms with van der Waals surface area (Å²) >= 11 is 0. The van der Waals surface area contributed by atoms with E-state index < -0.39 is 18.0 Å². The highest BCUT2D eigenvalue weighted by atomic mass is 16.4. The molecule has 96 valence electrons. The molecule has 0 aromatic carbocycles. The highest BCUT2D eigenvalue weighted by molar-refractivity contribution is 5.82. The molecule has 0 aromatic rings. The lowest BCUT2D eigenvalue weighted by atomic mass is 10.2. The van der Waals surface area contributed by atoms with Gasteiger partial charge in [-0.1, -0.05) is 0 Å². The molecule has 7 nitrogen and oxygen atoms in total. The molecule has 2 amide bonds. The topological polar surface area (TPSA) is 114 Å². The number of nitrogens with zero attached hydrogens (tertiary/aromatic N) is 2. The van der Waals surface area contributed by atoms with Crippen LogP contribution in [0.5, 0.6) is 0 Å². The predicted molar refractivity (Wildman–Crippen MR) is 59.1 cm³/mol. The number of carboxylic acids is 1. The fourth-order valence-corrected chi connectivity index (χ4v) is 1.11. The Morgan fingerprint density at radius 2 is 2.12 bits per heavy atom. The van der Waals surface area contributed by atoms with Crippen molar-refractivity contribution in [3.8, 4) is 6.07 Å². The van der Waals surface area contributed by atoms with Crippen molar-refractivity contribution in [3.63, 3.8) is 0 Å². The first-order valence-corrected chi connectivity index (χ1v) is 5.18. The van der Waals surface area contributed by atoms with Crippen LogP contribution in [0.15, 0.2) is 0 Å². The van der Waals surface area contributed by atoms with Crippen molar-refractivity contribution >= 4 is 12.0 Å². The van der Waals surface area contributed by atoms with Crippen LogP contribution in [0.4, 0.5) is 4.79 Å². The van der Waals surface area contributed by atoms with E-state index in [1.807, 2.05) is 6.07 Å². The van der Waals surface area contributed by atoms with Crippen molar-refractivity contribution in [2.45, 2.75) is 31.8 Å². The minimum absolute atomic E-state index is 0.0540. The van der Waals surface area contributed by atoms with E-state index in [9.17, 15) is 9.59 Å². The number of carbonyl (C=O) groups is 2. The molecule has 0 saturated heterocycles. The van der Waals surface area contributed by atoms with Crippen LogP contribution in [0.3, 0.4) is 0 Å². The maximum atomic E-state index is 11.6. The molecule has 0 rings (SSSR count). The van der Waals surface area contributed by atoms with Crippen LogP contribution in [-0.2, 0) is 4.79 Å². The van der Waals surface area contributed by atoms with Crippen LogP contribution in [0.2, 0.25) is 0 Å². The largest absolute Gasteiger partial charge is 0.480 e. The predicted octanol–water partition coefficient (Wildman–Crippen LogP) is -0.234. The normalized spacial score (nSPS) is 13.3. The summed E-state index contributed by atoms with van der Waals surface area (Å²) in [6.45, 7) is 1.36. The molecular formula is C10H17N3O4. The van der Waals surface area contributed by atoms with E-state index in [-0.39, 0.29) is 25.5 Å². The number of amides is 2. The Balaban J connectivity index is 4.40. The van der Waals surface area contributed by atoms with Crippen molar-refractivity contribution in [1.29, 1.82) is 5.26 Å². The van der Waals surface area contributed by atoms with E-state index in [0.717, 1.165) is 0 Å². The van der Waals surface area contributed by atoms with Gasteiger partial charge in [-0.3, -0.25) is 0 Å². The highest BCUT2D eigenvalue weighted by Gasteiger charge is 2.23. The van der Waals surface area contributed by atoms with Crippen LogP contribution < -0.4 is 5.32 Å². The summed E-state index contributed by atoms with van der Waals surface area (Å²) in [6.07, 6.45) is 0.114. The summed E-state index contributed by atoms with van der Waals surface area (Å²) in [5.41, 5.74) is 0. The quantitative estimate of drug-likeness (QED) is 0.596. The number of rotatable bonds is 6. The van der Waals surface area contributed by atoms with E-state index >= 15 is 0 Å². The van der Waals surface area contributed by atoms with Crippen LogP contribution in [0.1, 0.15) is 19.8 Å². The van der Waals surface area contributed by atoms with Crippen LogP contribution in [-0.4, -0.2) is 52.9 Å². The molecule has 17 heavy (non-hydrogen) atoms. The lowest BCUT2D eigenvalue weighted by molar-refractivity contribution is -0.139. The zero-order chi connectivity index (χ0) is 13.4. The SMILES string of the molecule is CC(CC#N)N(C)C(=O)N[C@@H](CCO)C(=O)O. The van der Waals surface area contributed by atoms with Gasteiger partial charge in [0.25, 0.3) is 0 Å². The molecule has 7 heteroatoms. The Kier molecular flexibility index (Phi) is 6.67. The smallest absolute Gasteiger partial charge is 0.326 e. The Morgan fingerprint density at radius 1 is 1.53 bits per heavy atom. The first kappa shape index (κ1) is 15.2. The molecule has 0 radical (unpaired) electrons. The zero-order valence-corrected chi connectivity index (χ0v) is 9.88. The maximum absolute atomic E-state index is 11.6. The summed E-state index contributed by atoms with van der Waals surface area (Å²) in [4.78, 5) is 23.6. The monoisotopic (exact) mass is 243 g/mol. The van der Waals surface area contributed by atoms with Crippen molar-refractivity contribution in [2.75, 3.05) is 13.7 Å². The highest BCUT2D eigenvalue weighted by Crippen LogP contribution is 2.01. The standard InChI is InChI=1S/C10H17N3O4/c1-7(3-5-11)13(2)10(17)12-8(4-6-14)9(15)16/h7-8,14H,3-4,6H2,1-2H3,(H,12,17)(H,15,16)/t7?,8-/m0/s1. The molecule has 3 N–H and O–H groups in total. The van der Waals surface area contributed by atoms with E-state index in [0.29, 0.717) is 0 Å². The Morgan fingerprint density at radius 3 is 2.53 bits per heavy atom. The van der Waals surface area contributed by atoms with Crippen LogP contribution >= 0.6 is 0 Å². The van der Waals surface area contributed by atoms with E-state index in [1.165, 1.54) is 11.9 Å². The number of aliphatic hydroxyl groups is 1. The molecule has 0 aliphatic rings. The third kappa shape index (κ3) is 5.17. The number of nitrogens with one attached hydrogen (secondary N) is 1. The second kappa shape index (κ2) is 7.46. The van der Waals surface area contributed by atoms with Crippen LogP contribution in [0, 0.1) is 11.3 Å². The fourth-order valence-electron chi connectivity index (χ4n) is 1.11. The number of carboxylic acid groups (broad SMARTS) is 1. The molecule has 1 unspecified atom stereocenters. The lowest BCUT2D eigenvalue weighted by Gasteiger charge is -2.25. The fraction of sp³-hybridized carbons (Fsp3) is 0.700. The zero-order valence-electron chi connectivity index (χ0n) is 9.88. The average molecular weight is 243 g/mol. The van der Waals surface area contributed by atoms with Crippen molar-refractivity contribution < 1.29 is 19.8 Å². The van der Waals surface area contributed by atoms with Gasteiger partial charge in [0.15, 0.2) is 0 Å². The number of carbonyl (C=O) groups excluding carboxylic acids is 1. The van der Waals surface area contributed by atoms with Gasteiger partial charge >= 0.3 is 12.0 Å². The average Bonchev–Trinajstić information content (AvgIpc) is 2.27. The summed E-state index contributed by atoms with van der Waals surface area (Å²) in [6, 6.07) is -0.0722. The van der Waals surface area contributed by atoms with Crippen molar-refractivity contribution in [1.82, 2.24) is 10.2 Å². The number of aliphatic carboxylic acids is 1. The van der Waals surface area contributed by atoms with Gasteiger partial charge in [-0.15, -0.1) is 0 Å². The first-order chi connectivity index (χ1) is 7.93. The summed E-state index contributed by atoms with van der Waals surface area (Å²) in [5.74, 6) is -1.20. The van der Waals surface area contributed by atoms with Gasteiger partial charge in [0.1, 0.15) is 6.04 Å². The Labute approximate surface area is 99.6 Å². The van der Waals surface area contributed by atoms with Gasteiger partial charge in [0.2, 0.25) is 0 Å². The summed E-state index contributed by atoms with van der Waals surface area (Å²) < 4.78 is 0. The van der Waals surface area contributed by atoms with Crippen LogP contribution in [0.25, 0.3) is 0 Å². The van der Waals surface area contributed by atoms with Crippen molar-refractivity contribution in [3.05, 3.63) is 0 Å². The molecule has 0 spiro atoms. The summed E-state index contributed by atoms with van der Waals surface area (Å²) in [7, 11) is 1.48. The second-order valence-corrected chi connectivity index (χ2v) is 3.67. The molecule has 2 atom stereocenters. The van der Waals surface area contributed by atoms with Gasteiger partial charge < -0.3 is 20.4 Å². The minimum Gasteiger partial charge on any atom is -0.480 e. The van der Waals surface area contributed by atoms with Gasteiger partial charge in [-0.05, 0) is 6.92 Å². The molecule has 0 bridgehead atoms. The summed E-state index contributed by atoms with van der Waals surface area (Å²) in [5, 5.41) is 28.2. The van der Waals surface area contributed by atoms with Gasteiger partial charge in [-0.2, -0.15) is 5.26 Å². The molecule has 0 fully saturated rings. The number of hydrogen-bond donors (Lipinski definition) is 3. The first-order valence-electron chi connectivity index (χ1n) is 5.18. The van der Waals surface area contributed by atoms with E-state index in [2.05, 4.69) is 5.32 Å². The molecule has 0 heterocycles. The van der Waals surface area contributed by atoms with Gasteiger partial charge in [-0.25, -0.2) is 9.59 Å². The number of hydrogen-bond acceptors (Lipinski definition) is 4.